The number of ether oxygens (including phenoxy) is 1. The van der Waals surface area contributed by atoms with Gasteiger partial charge in [-0.3, -0.25) is 4.79 Å². The molecule has 0 saturated carbocycles. The summed E-state index contributed by atoms with van der Waals surface area (Å²) in [6, 6.07) is 10.5. The van der Waals surface area contributed by atoms with Crippen LogP contribution in [0.4, 0.5) is 5.69 Å². The highest BCUT2D eigenvalue weighted by atomic mass is 32.2. The van der Waals surface area contributed by atoms with Crippen LogP contribution in [-0.4, -0.2) is 26.5 Å². The number of anilines is 1. The third-order valence-corrected chi connectivity index (χ3v) is 7.25. The van der Waals surface area contributed by atoms with E-state index in [1.54, 1.807) is 23.1 Å². The third kappa shape index (κ3) is 3.84. The van der Waals surface area contributed by atoms with E-state index < -0.39 is 15.6 Å². The van der Waals surface area contributed by atoms with Gasteiger partial charge in [0.05, 0.1) is 10.9 Å². The van der Waals surface area contributed by atoms with Gasteiger partial charge in [0.25, 0.3) is 0 Å². The van der Waals surface area contributed by atoms with Gasteiger partial charge < -0.3 is 9.64 Å². The first-order valence-corrected chi connectivity index (χ1v) is 11.8. The number of rotatable bonds is 4. The molecule has 0 radical (unpaired) electrons. The molecule has 0 aromatic heterocycles. The smallest absolute Gasteiger partial charge is 0.241 e. The lowest BCUT2D eigenvalue weighted by Gasteiger charge is -2.38. The second-order valence-corrected chi connectivity index (χ2v) is 10.4. The van der Waals surface area contributed by atoms with E-state index in [-0.39, 0.29) is 16.8 Å². The van der Waals surface area contributed by atoms with Crippen molar-refractivity contribution in [3.63, 3.8) is 0 Å². The first-order valence-electron chi connectivity index (χ1n) is 10.3. The quantitative estimate of drug-likeness (QED) is 0.802. The largest absolute Gasteiger partial charge is 0.487 e. The minimum Gasteiger partial charge on any atom is -0.487 e. The van der Waals surface area contributed by atoms with Crippen LogP contribution < -0.4 is 14.4 Å². The standard InChI is InChI=1S/C23H28N2O4S/c1-5-22(26)25-11-10-16-13-17(7-8-20(16)25)30(27,28)24-19-14-23(3,4)29-21-9-6-15(2)12-18(19)21/h6-9,12-13,19,24H,5,10-11,14H2,1-4H3/t19-/m1/s1. The van der Waals surface area contributed by atoms with E-state index in [0.717, 1.165) is 22.4 Å². The predicted molar refractivity (Wildman–Crippen MR) is 116 cm³/mol. The van der Waals surface area contributed by atoms with Crippen LogP contribution in [0, 0.1) is 6.92 Å². The molecule has 1 amide bonds. The Balaban J connectivity index is 1.64. The fourth-order valence-electron chi connectivity index (χ4n) is 4.33. The monoisotopic (exact) mass is 428 g/mol. The second kappa shape index (κ2) is 7.39. The molecule has 160 valence electrons. The molecule has 2 heterocycles. The number of hydrogen-bond donors (Lipinski definition) is 1. The maximum Gasteiger partial charge on any atom is 0.241 e. The molecular weight excluding hydrogens is 400 g/mol. The lowest BCUT2D eigenvalue weighted by atomic mass is 9.89. The van der Waals surface area contributed by atoms with Gasteiger partial charge in [-0.1, -0.05) is 24.6 Å². The summed E-state index contributed by atoms with van der Waals surface area (Å²) in [6.45, 7) is 8.34. The fourth-order valence-corrected chi connectivity index (χ4v) is 5.60. The summed E-state index contributed by atoms with van der Waals surface area (Å²) >= 11 is 0. The average Bonchev–Trinajstić information content (AvgIpc) is 3.10. The molecule has 0 fully saturated rings. The first kappa shape index (κ1) is 20.9. The van der Waals surface area contributed by atoms with Gasteiger partial charge in [-0.2, -0.15) is 0 Å². The molecule has 1 atom stereocenters. The van der Waals surface area contributed by atoms with E-state index in [9.17, 15) is 13.2 Å². The molecule has 7 heteroatoms. The Morgan fingerprint density at radius 2 is 2.00 bits per heavy atom. The minimum absolute atomic E-state index is 0.0545. The second-order valence-electron chi connectivity index (χ2n) is 8.72. The molecule has 30 heavy (non-hydrogen) atoms. The minimum atomic E-state index is -3.74. The molecular formula is C23H28N2O4S. The number of nitrogens with zero attached hydrogens (tertiary/aromatic N) is 1. The van der Waals surface area contributed by atoms with E-state index in [4.69, 9.17) is 4.74 Å². The Bertz CT molecular complexity index is 1110. The zero-order valence-corrected chi connectivity index (χ0v) is 18.7. The van der Waals surface area contributed by atoms with Crippen LogP contribution >= 0.6 is 0 Å². The Hall–Kier alpha value is -2.38. The number of carbonyl (C=O) groups excluding carboxylic acids is 1. The molecule has 2 aliphatic heterocycles. The van der Waals surface area contributed by atoms with Crippen molar-refractivity contribution in [2.45, 2.75) is 63.5 Å². The Labute approximate surface area is 178 Å². The molecule has 0 saturated heterocycles. The summed E-state index contributed by atoms with van der Waals surface area (Å²) in [5.41, 5.74) is 3.14. The lowest BCUT2D eigenvalue weighted by molar-refractivity contribution is -0.118. The van der Waals surface area contributed by atoms with Crippen molar-refractivity contribution >= 4 is 21.6 Å². The van der Waals surface area contributed by atoms with Crippen molar-refractivity contribution in [1.82, 2.24) is 4.72 Å². The van der Waals surface area contributed by atoms with Crippen LogP contribution in [0.25, 0.3) is 0 Å². The number of hydrogen-bond acceptors (Lipinski definition) is 4. The number of aryl methyl sites for hydroxylation is 1. The van der Waals surface area contributed by atoms with Gasteiger partial charge in [-0.25, -0.2) is 13.1 Å². The molecule has 1 N–H and O–H groups in total. The zero-order chi connectivity index (χ0) is 21.7. The highest BCUT2D eigenvalue weighted by molar-refractivity contribution is 7.89. The number of nitrogens with one attached hydrogen (secondary N) is 1. The van der Waals surface area contributed by atoms with Crippen molar-refractivity contribution in [2.24, 2.45) is 0 Å². The van der Waals surface area contributed by atoms with Crippen molar-refractivity contribution in [3.8, 4) is 5.75 Å². The number of benzene rings is 2. The van der Waals surface area contributed by atoms with Crippen LogP contribution in [-0.2, 0) is 21.2 Å². The highest BCUT2D eigenvalue weighted by Gasteiger charge is 2.36. The van der Waals surface area contributed by atoms with Crippen LogP contribution in [0.15, 0.2) is 41.3 Å². The average molecular weight is 429 g/mol. The summed E-state index contributed by atoms with van der Waals surface area (Å²) < 4.78 is 35.4. The Morgan fingerprint density at radius 3 is 2.73 bits per heavy atom. The molecule has 0 bridgehead atoms. The van der Waals surface area contributed by atoms with Gasteiger partial charge in [-0.15, -0.1) is 0 Å². The van der Waals surface area contributed by atoms with Gasteiger partial charge in [-0.05, 0) is 57.0 Å². The maximum absolute atomic E-state index is 13.2. The van der Waals surface area contributed by atoms with Crippen LogP contribution in [0.3, 0.4) is 0 Å². The molecule has 0 unspecified atom stereocenters. The van der Waals surface area contributed by atoms with Gasteiger partial charge in [0.1, 0.15) is 11.4 Å². The van der Waals surface area contributed by atoms with Crippen LogP contribution in [0.1, 0.15) is 56.3 Å². The number of fused-ring (bicyclic) bond motifs is 2. The lowest BCUT2D eigenvalue weighted by Crippen LogP contribution is -2.41. The van der Waals surface area contributed by atoms with E-state index in [2.05, 4.69) is 4.72 Å². The summed E-state index contributed by atoms with van der Waals surface area (Å²) in [4.78, 5) is 14.1. The third-order valence-electron chi connectivity index (χ3n) is 5.78. The molecule has 2 aromatic rings. The molecule has 4 rings (SSSR count). The van der Waals surface area contributed by atoms with E-state index >= 15 is 0 Å². The summed E-state index contributed by atoms with van der Waals surface area (Å²) in [7, 11) is -3.74. The molecule has 6 nitrogen and oxygen atoms in total. The molecule has 2 aliphatic rings. The zero-order valence-electron chi connectivity index (χ0n) is 17.9. The number of sulfonamides is 1. The van der Waals surface area contributed by atoms with Crippen molar-refractivity contribution in [2.75, 3.05) is 11.4 Å². The summed E-state index contributed by atoms with van der Waals surface area (Å²) in [5, 5.41) is 0. The van der Waals surface area contributed by atoms with Crippen molar-refractivity contribution in [1.29, 1.82) is 0 Å². The van der Waals surface area contributed by atoms with Gasteiger partial charge in [0, 0.05) is 30.6 Å². The summed E-state index contributed by atoms with van der Waals surface area (Å²) in [6.07, 6.45) is 1.63. The number of carbonyl (C=O) groups is 1. The normalized spacial score (nSPS) is 19.7. The van der Waals surface area contributed by atoms with Gasteiger partial charge in [0.15, 0.2) is 0 Å². The van der Waals surface area contributed by atoms with Gasteiger partial charge in [0.2, 0.25) is 15.9 Å². The maximum atomic E-state index is 13.2. The van der Waals surface area contributed by atoms with E-state index in [0.29, 0.717) is 31.6 Å². The predicted octanol–water partition coefficient (Wildman–Crippen LogP) is 3.87. The Morgan fingerprint density at radius 1 is 1.23 bits per heavy atom. The van der Waals surface area contributed by atoms with Crippen molar-refractivity contribution in [3.05, 3.63) is 53.1 Å². The molecule has 0 spiro atoms. The van der Waals surface area contributed by atoms with Crippen LogP contribution in [0.5, 0.6) is 5.75 Å². The molecule has 2 aromatic carbocycles. The van der Waals surface area contributed by atoms with E-state index in [1.165, 1.54) is 0 Å². The van der Waals surface area contributed by atoms with Crippen molar-refractivity contribution < 1.29 is 17.9 Å². The van der Waals surface area contributed by atoms with Gasteiger partial charge >= 0.3 is 0 Å². The first-order chi connectivity index (χ1) is 14.1. The van der Waals surface area contributed by atoms with E-state index in [1.807, 2.05) is 45.9 Å². The topological polar surface area (TPSA) is 75.7 Å². The number of amides is 1. The summed E-state index contributed by atoms with van der Waals surface area (Å²) in [5.74, 6) is 0.770. The molecule has 0 aliphatic carbocycles. The Kier molecular flexibility index (Phi) is 5.14. The fraction of sp³-hybridized carbons (Fsp3) is 0.435. The SMILES string of the molecule is CCC(=O)N1CCc2cc(S(=O)(=O)N[C@@H]3CC(C)(C)Oc4ccc(C)cc43)ccc21. The highest BCUT2D eigenvalue weighted by Crippen LogP contribution is 2.41. The van der Waals surface area contributed by atoms with Crippen LogP contribution in [0.2, 0.25) is 0 Å².